The summed E-state index contributed by atoms with van der Waals surface area (Å²) in [4.78, 5) is 0. The van der Waals surface area contributed by atoms with Crippen molar-refractivity contribution >= 4 is 11.6 Å². The second-order valence-electron chi connectivity index (χ2n) is 6.52. The van der Waals surface area contributed by atoms with Crippen molar-refractivity contribution in [3.8, 4) is 0 Å². The summed E-state index contributed by atoms with van der Waals surface area (Å²) in [5.41, 5.74) is 4.49. The third-order valence-corrected chi connectivity index (χ3v) is 5.19. The molecule has 1 saturated heterocycles. The molecule has 1 aromatic heterocycles. The lowest BCUT2D eigenvalue weighted by Gasteiger charge is -2.14. The van der Waals surface area contributed by atoms with E-state index in [1.54, 1.807) is 0 Å². The highest BCUT2D eigenvalue weighted by Crippen LogP contribution is 2.19. The molecule has 1 aliphatic heterocycles. The number of aliphatic hydroxyl groups excluding tert-OH is 1. The van der Waals surface area contributed by atoms with Crippen LogP contribution in [0, 0.1) is 19.8 Å². The Hall–Kier alpha value is -1.40. The van der Waals surface area contributed by atoms with Gasteiger partial charge in [-0.15, -0.1) is 0 Å². The zero-order valence-corrected chi connectivity index (χ0v) is 15.0. The Bertz CT molecular complexity index is 700. The summed E-state index contributed by atoms with van der Waals surface area (Å²) in [6.45, 7) is 7.96. The topological polar surface area (TPSA) is 62.1 Å². The lowest BCUT2D eigenvalue weighted by Crippen LogP contribution is -2.30. The number of nitrogens with one attached hydrogen (secondary N) is 2. The van der Waals surface area contributed by atoms with Crippen molar-refractivity contribution in [1.29, 1.82) is 0 Å². The van der Waals surface area contributed by atoms with E-state index in [2.05, 4.69) is 22.7 Å². The van der Waals surface area contributed by atoms with Gasteiger partial charge in [0.15, 0.2) is 0 Å². The first kappa shape index (κ1) is 17.4. The minimum Gasteiger partial charge on any atom is -0.391 e. The maximum atomic E-state index is 9.86. The Labute approximate surface area is 148 Å². The molecule has 0 spiro atoms. The molecular weight excluding hydrogens is 324 g/mol. The Morgan fingerprint density at radius 3 is 2.83 bits per heavy atom. The van der Waals surface area contributed by atoms with Gasteiger partial charge in [0.05, 0.1) is 18.3 Å². The first-order chi connectivity index (χ1) is 11.6. The van der Waals surface area contributed by atoms with Gasteiger partial charge in [0.2, 0.25) is 0 Å². The average molecular weight is 349 g/mol. The first-order valence-corrected chi connectivity index (χ1v) is 8.80. The smallest absolute Gasteiger partial charge is 0.0716 e. The van der Waals surface area contributed by atoms with Crippen molar-refractivity contribution in [2.24, 2.45) is 5.92 Å². The molecule has 2 aromatic rings. The molecule has 6 heteroatoms. The molecule has 1 aliphatic rings. The highest BCUT2D eigenvalue weighted by Gasteiger charge is 2.24. The lowest BCUT2D eigenvalue weighted by molar-refractivity contribution is 0.146. The number of aryl methyl sites for hydroxylation is 1. The molecule has 1 fully saturated rings. The molecule has 0 radical (unpaired) electrons. The SMILES string of the molecule is Cc1nn(Cc2ccccc2Cl)c(C)c1CNCC1CNCC1O. The molecule has 24 heavy (non-hydrogen) atoms. The predicted octanol–water partition coefficient (Wildman–Crippen LogP) is 1.87. The molecule has 130 valence electrons. The van der Waals surface area contributed by atoms with Crippen molar-refractivity contribution in [3.05, 3.63) is 51.8 Å². The number of hydrogen-bond acceptors (Lipinski definition) is 4. The number of aromatic nitrogens is 2. The number of halogens is 1. The largest absolute Gasteiger partial charge is 0.391 e. The van der Waals surface area contributed by atoms with Crippen molar-refractivity contribution in [1.82, 2.24) is 20.4 Å². The van der Waals surface area contributed by atoms with Gasteiger partial charge in [-0.1, -0.05) is 29.8 Å². The third kappa shape index (κ3) is 3.81. The molecule has 5 nitrogen and oxygen atoms in total. The summed E-state index contributed by atoms with van der Waals surface area (Å²) < 4.78 is 2.01. The maximum Gasteiger partial charge on any atom is 0.0716 e. The van der Waals surface area contributed by atoms with E-state index in [0.717, 1.165) is 41.6 Å². The summed E-state index contributed by atoms with van der Waals surface area (Å²) in [5, 5.41) is 22.0. The second kappa shape index (κ2) is 7.66. The molecule has 0 aliphatic carbocycles. The number of rotatable bonds is 6. The van der Waals surface area contributed by atoms with Crippen LogP contribution < -0.4 is 10.6 Å². The standard InChI is InChI=1S/C18H25ClN4O/c1-12-16(9-20-7-15-8-21-10-18(15)24)13(2)23(22-12)11-14-5-3-4-6-17(14)19/h3-6,15,18,20-21,24H,7-11H2,1-2H3. The normalized spacial score (nSPS) is 20.7. The van der Waals surface area contributed by atoms with E-state index >= 15 is 0 Å². The highest BCUT2D eigenvalue weighted by atomic mass is 35.5. The van der Waals surface area contributed by atoms with Crippen LogP contribution in [0.15, 0.2) is 24.3 Å². The van der Waals surface area contributed by atoms with Gasteiger partial charge < -0.3 is 15.7 Å². The van der Waals surface area contributed by atoms with E-state index in [0.29, 0.717) is 13.1 Å². The number of hydrogen-bond donors (Lipinski definition) is 3. The molecule has 3 N–H and O–H groups in total. The van der Waals surface area contributed by atoms with Crippen molar-refractivity contribution in [2.45, 2.75) is 33.0 Å². The highest BCUT2D eigenvalue weighted by molar-refractivity contribution is 6.31. The average Bonchev–Trinajstić information content (AvgIpc) is 3.08. The van der Waals surface area contributed by atoms with Crippen LogP contribution in [0.5, 0.6) is 0 Å². The van der Waals surface area contributed by atoms with Crippen molar-refractivity contribution in [3.63, 3.8) is 0 Å². The minimum absolute atomic E-state index is 0.248. The summed E-state index contributed by atoms with van der Waals surface area (Å²) in [5.74, 6) is 0.281. The fourth-order valence-corrected chi connectivity index (χ4v) is 3.44. The Kier molecular flexibility index (Phi) is 5.56. The van der Waals surface area contributed by atoms with E-state index in [1.165, 1.54) is 5.56 Å². The summed E-state index contributed by atoms with van der Waals surface area (Å²) >= 11 is 6.26. The van der Waals surface area contributed by atoms with Crippen molar-refractivity contribution < 1.29 is 5.11 Å². The van der Waals surface area contributed by atoms with Gasteiger partial charge in [-0.05, 0) is 25.5 Å². The number of β-amino-alcohol motifs (C(OH)–C–C–N with tert-alkyl or cyclic N) is 1. The van der Waals surface area contributed by atoms with Gasteiger partial charge in [-0.3, -0.25) is 4.68 Å². The summed E-state index contributed by atoms with van der Waals surface area (Å²) in [7, 11) is 0. The van der Waals surface area contributed by atoms with Gasteiger partial charge in [0.1, 0.15) is 0 Å². The fourth-order valence-electron chi connectivity index (χ4n) is 3.24. The minimum atomic E-state index is -0.248. The third-order valence-electron chi connectivity index (χ3n) is 4.82. The van der Waals surface area contributed by atoms with Crippen LogP contribution in [-0.2, 0) is 13.1 Å². The van der Waals surface area contributed by atoms with E-state index in [4.69, 9.17) is 11.6 Å². The molecule has 2 heterocycles. The van der Waals surface area contributed by atoms with Crippen LogP contribution in [-0.4, -0.2) is 40.6 Å². The van der Waals surface area contributed by atoms with Gasteiger partial charge in [0, 0.05) is 48.4 Å². The van der Waals surface area contributed by atoms with Gasteiger partial charge in [0.25, 0.3) is 0 Å². The van der Waals surface area contributed by atoms with E-state index < -0.39 is 0 Å². The van der Waals surface area contributed by atoms with E-state index in [1.807, 2.05) is 35.9 Å². The molecule has 0 saturated carbocycles. The molecule has 0 amide bonds. The summed E-state index contributed by atoms with van der Waals surface area (Å²) in [6, 6.07) is 7.88. The van der Waals surface area contributed by atoms with E-state index in [9.17, 15) is 5.11 Å². The zero-order valence-electron chi connectivity index (χ0n) is 14.2. The number of nitrogens with zero attached hydrogens (tertiary/aromatic N) is 2. The Balaban J connectivity index is 1.64. The fraction of sp³-hybridized carbons (Fsp3) is 0.500. The second-order valence-corrected chi connectivity index (χ2v) is 6.92. The Morgan fingerprint density at radius 1 is 1.33 bits per heavy atom. The molecule has 1 aromatic carbocycles. The molecule has 3 rings (SSSR count). The van der Waals surface area contributed by atoms with Crippen molar-refractivity contribution in [2.75, 3.05) is 19.6 Å². The predicted molar refractivity (Wildman–Crippen MR) is 96.3 cm³/mol. The van der Waals surface area contributed by atoms with Crippen LogP contribution in [0.1, 0.15) is 22.5 Å². The van der Waals surface area contributed by atoms with Crippen LogP contribution >= 0.6 is 11.6 Å². The van der Waals surface area contributed by atoms with Crippen LogP contribution in [0.2, 0.25) is 5.02 Å². The van der Waals surface area contributed by atoms with E-state index in [-0.39, 0.29) is 12.0 Å². The lowest BCUT2D eigenvalue weighted by atomic mass is 10.1. The van der Waals surface area contributed by atoms with Gasteiger partial charge >= 0.3 is 0 Å². The van der Waals surface area contributed by atoms with Gasteiger partial charge in [-0.2, -0.15) is 5.10 Å². The Morgan fingerprint density at radius 2 is 2.12 bits per heavy atom. The van der Waals surface area contributed by atoms with Crippen LogP contribution in [0.3, 0.4) is 0 Å². The molecule has 2 atom stereocenters. The summed E-state index contributed by atoms with van der Waals surface area (Å²) in [6.07, 6.45) is -0.248. The first-order valence-electron chi connectivity index (χ1n) is 8.42. The quantitative estimate of drug-likeness (QED) is 0.746. The zero-order chi connectivity index (χ0) is 17.1. The molecule has 0 bridgehead atoms. The van der Waals surface area contributed by atoms with Gasteiger partial charge in [-0.25, -0.2) is 0 Å². The number of benzene rings is 1. The monoisotopic (exact) mass is 348 g/mol. The van der Waals surface area contributed by atoms with Crippen LogP contribution in [0.25, 0.3) is 0 Å². The van der Waals surface area contributed by atoms with Crippen LogP contribution in [0.4, 0.5) is 0 Å². The number of aliphatic hydroxyl groups is 1. The maximum absolute atomic E-state index is 9.86. The molecule has 2 unspecified atom stereocenters. The molecular formula is C18H25ClN4O.